The molecule has 2 unspecified atom stereocenters. The van der Waals surface area contributed by atoms with Crippen molar-refractivity contribution in [2.75, 3.05) is 11.9 Å². The highest BCUT2D eigenvalue weighted by molar-refractivity contribution is 5.69. The Balaban J connectivity index is 1.61. The molecule has 0 bridgehead atoms. The lowest BCUT2D eigenvalue weighted by Gasteiger charge is -2.21. The molecular weight excluding hydrogens is 342 g/mol. The second-order valence-corrected chi connectivity index (χ2v) is 6.05. The SMILES string of the molecule is Cc1noc(-c2cccnc2NC2CCOC2c2ccc(F)c(F)c2)n1. The van der Waals surface area contributed by atoms with Gasteiger partial charge in [0.25, 0.3) is 5.89 Å². The molecule has 1 fully saturated rings. The lowest BCUT2D eigenvalue weighted by Crippen LogP contribution is -2.24. The molecule has 4 rings (SSSR count). The van der Waals surface area contributed by atoms with E-state index in [0.29, 0.717) is 41.7 Å². The number of aryl methyl sites for hydroxylation is 1. The third kappa shape index (κ3) is 3.15. The minimum Gasteiger partial charge on any atom is -0.371 e. The van der Waals surface area contributed by atoms with Crippen molar-refractivity contribution in [3.63, 3.8) is 0 Å². The van der Waals surface area contributed by atoms with E-state index >= 15 is 0 Å². The second-order valence-electron chi connectivity index (χ2n) is 6.05. The molecule has 0 aliphatic carbocycles. The smallest absolute Gasteiger partial charge is 0.261 e. The minimum atomic E-state index is -0.892. The van der Waals surface area contributed by atoms with Crippen LogP contribution >= 0.6 is 0 Å². The van der Waals surface area contributed by atoms with E-state index < -0.39 is 17.7 Å². The van der Waals surface area contributed by atoms with Crippen LogP contribution in [0, 0.1) is 18.6 Å². The Bertz CT molecular complexity index is 931. The number of ether oxygens (including phenoxy) is 1. The van der Waals surface area contributed by atoms with Gasteiger partial charge in [0, 0.05) is 12.8 Å². The molecule has 1 aromatic carbocycles. The Morgan fingerprint density at radius 1 is 1.19 bits per heavy atom. The fourth-order valence-electron chi connectivity index (χ4n) is 3.03. The Hall–Kier alpha value is -2.87. The van der Waals surface area contributed by atoms with Gasteiger partial charge in [-0.1, -0.05) is 11.2 Å². The number of halogens is 2. The number of pyridine rings is 1. The Morgan fingerprint density at radius 3 is 2.85 bits per heavy atom. The van der Waals surface area contributed by atoms with Crippen LogP contribution < -0.4 is 5.32 Å². The summed E-state index contributed by atoms with van der Waals surface area (Å²) in [6, 6.07) is 7.25. The molecule has 1 aliphatic rings. The molecule has 6 nitrogen and oxygen atoms in total. The van der Waals surface area contributed by atoms with Crippen LogP contribution in [0.25, 0.3) is 11.5 Å². The summed E-state index contributed by atoms with van der Waals surface area (Å²) in [5.74, 6) is -0.314. The molecular formula is C18H16F2N4O2. The number of nitrogens with zero attached hydrogens (tertiary/aromatic N) is 3. The number of hydrogen-bond acceptors (Lipinski definition) is 6. The first kappa shape index (κ1) is 16.6. The maximum absolute atomic E-state index is 13.6. The maximum atomic E-state index is 13.6. The molecule has 26 heavy (non-hydrogen) atoms. The first-order valence-corrected chi connectivity index (χ1v) is 8.20. The second kappa shape index (κ2) is 6.80. The lowest BCUT2D eigenvalue weighted by molar-refractivity contribution is 0.107. The van der Waals surface area contributed by atoms with Crippen molar-refractivity contribution in [2.24, 2.45) is 0 Å². The summed E-state index contributed by atoms with van der Waals surface area (Å²) < 4.78 is 37.8. The zero-order valence-electron chi connectivity index (χ0n) is 13.9. The van der Waals surface area contributed by atoms with Crippen molar-refractivity contribution in [1.29, 1.82) is 0 Å². The first-order chi connectivity index (χ1) is 12.6. The van der Waals surface area contributed by atoms with Gasteiger partial charge in [0.05, 0.1) is 11.6 Å². The van der Waals surface area contributed by atoms with Gasteiger partial charge in [0.2, 0.25) is 0 Å². The van der Waals surface area contributed by atoms with Gasteiger partial charge in [0.1, 0.15) is 11.9 Å². The Morgan fingerprint density at radius 2 is 2.08 bits per heavy atom. The zero-order valence-corrected chi connectivity index (χ0v) is 13.9. The van der Waals surface area contributed by atoms with E-state index in [9.17, 15) is 8.78 Å². The average Bonchev–Trinajstić information content (AvgIpc) is 3.27. The summed E-state index contributed by atoms with van der Waals surface area (Å²) in [6.07, 6.45) is 1.93. The van der Waals surface area contributed by atoms with E-state index in [0.717, 1.165) is 6.07 Å². The van der Waals surface area contributed by atoms with E-state index in [1.165, 1.54) is 12.1 Å². The Labute approximate surface area is 148 Å². The van der Waals surface area contributed by atoms with Crippen LogP contribution in [0.1, 0.15) is 23.9 Å². The molecule has 0 amide bonds. The first-order valence-electron chi connectivity index (χ1n) is 8.20. The van der Waals surface area contributed by atoms with Crippen LogP contribution in [0.2, 0.25) is 0 Å². The van der Waals surface area contributed by atoms with Crippen molar-refractivity contribution in [2.45, 2.75) is 25.5 Å². The molecule has 0 spiro atoms. The largest absolute Gasteiger partial charge is 0.371 e. The average molecular weight is 358 g/mol. The van der Waals surface area contributed by atoms with Crippen molar-refractivity contribution >= 4 is 5.82 Å². The van der Waals surface area contributed by atoms with Gasteiger partial charge in [-0.25, -0.2) is 13.8 Å². The zero-order chi connectivity index (χ0) is 18.1. The van der Waals surface area contributed by atoms with Crippen LogP contribution in [0.15, 0.2) is 41.1 Å². The van der Waals surface area contributed by atoms with Crippen molar-refractivity contribution in [1.82, 2.24) is 15.1 Å². The molecule has 1 saturated heterocycles. The van der Waals surface area contributed by atoms with E-state index in [2.05, 4.69) is 20.4 Å². The van der Waals surface area contributed by atoms with Crippen LogP contribution in [0.5, 0.6) is 0 Å². The molecule has 2 atom stereocenters. The van der Waals surface area contributed by atoms with Gasteiger partial charge in [-0.3, -0.25) is 0 Å². The fourth-order valence-corrected chi connectivity index (χ4v) is 3.03. The molecule has 1 N–H and O–H groups in total. The van der Waals surface area contributed by atoms with Gasteiger partial charge < -0.3 is 14.6 Å². The van der Waals surface area contributed by atoms with Crippen LogP contribution in [0.4, 0.5) is 14.6 Å². The molecule has 1 aliphatic heterocycles. The number of benzene rings is 1. The van der Waals surface area contributed by atoms with Crippen molar-refractivity contribution in [3.8, 4) is 11.5 Å². The highest BCUT2D eigenvalue weighted by Crippen LogP contribution is 2.34. The summed E-state index contributed by atoms with van der Waals surface area (Å²) in [6.45, 7) is 2.24. The van der Waals surface area contributed by atoms with Crippen molar-refractivity contribution < 1.29 is 18.0 Å². The molecule has 3 aromatic rings. The van der Waals surface area contributed by atoms with E-state index in [1.807, 2.05) is 6.07 Å². The van der Waals surface area contributed by atoms with E-state index in [4.69, 9.17) is 9.26 Å². The quantitative estimate of drug-likeness (QED) is 0.767. The van der Waals surface area contributed by atoms with E-state index in [-0.39, 0.29) is 6.04 Å². The minimum absolute atomic E-state index is 0.155. The molecule has 0 radical (unpaired) electrons. The lowest BCUT2D eigenvalue weighted by atomic mass is 10.0. The monoisotopic (exact) mass is 358 g/mol. The molecule has 8 heteroatoms. The molecule has 2 aromatic heterocycles. The third-order valence-corrected chi connectivity index (χ3v) is 4.25. The number of rotatable bonds is 4. The van der Waals surface area contributed by atoms with E-state index in [1.54, 1.807) is 19.2 Å². The van der Waals surface area contributed by atoms with Gasteiger partial charge in [-0.05, 0) is 43.2 Å². The number of aromatic nitrogens is 3. The summed E-state index contributed by atoms with van der Waals surface area (Å²) in [7, 11) is 0. The fraction of sp³-hybridized carbons (Fsp3) is 0.278. The maximum Gasteiger partial charge on any atom is 0.261 e. The van der Waals surface area contributed by atoms with Crippen LogP contribution in [-0.2, 0) is 4.74 Å². The van der Waals surface area contributed by atoms with Gasteiger partial charge in [-0.15, -0.1) is 0 Å². The number of hydrogen-bond donors (Lipinski definition) is 1. The van der Waals surface area contributed by atoms with Gasteiger partial charge in [0.15, 0.2) is 17.5 Å². The normalized spacial score (nSPS) is 19.7. The predicted octanol–water partition coefficient (Wildman–Crippen LogP) is 3.66. The summed E-state index contributed by atoms with van der Waals surface area (Å²) in [5.41, 5.74) is 1.24. The van der Waals surface area contributed by atoms with Crippen molar-refractivity contribution in [3.05, 3.63) is 59.6 Å². The Kier molecular flexibility index (Phi) is 4.34. The van der Waals surface area contributed by atoms with Gasteiger partial charge >= 0.3 is 0 Å². The summed E-state index contributed by atoms with van der Waals surface area (Å²) in [4.78, 5) is 8.59. The highest BCUT2D eigenvalue weighted by atomic mass is 19.2. The number of anilines is 1. The topological polar surface area (TPSA) is 73.1 Å². The summed E-state index contributed by atoms with van der Waals surface area (Å²) in [5, 5.41) is 7.12. The highest BCUT2D eigenvalue weighted by Gasteiger charge is 2.31. The molecule has 134 valence electrons. The predicted molar refractivity (Wildman–Crippen MR) is 89.3 cm³/mol. The third-order valence-electron chi connectivity index (χ3n) is 4.25. The number of nitrogens with one attached hydrogen (secondary N) is 1. The molecule has 0 saturated carbocycles. The summed E-state index contributed by atoms with van der Waals surface area (Å²) >= 11 is 0. The van der Waals surface area contributed by atoms with Crippen LogP contribution in [-0.4, -0.2) is 27.8 Å². The van der Waals surface area contributed by atoms with Crippen LogP contribution in [0.3, 0.4) is 0 Å². The standard InChI is InChI=1S/C18H16F2N4O2/c1-10-22-18(26-24-10)12-3-2-7-21-17(12)23-15-6-8-25-16(15)11-4-5-13(19)14(20)9-11/h2-5,7,9,15-16H,6,8H2,1H3,(H,21,23). The molecule has 3 heterocycles. The van der Waals surface area contributed by atoms with Gasteiger partial charge in [-0.2, -0.15) is 4.98 Å².